The molecule has 0 radical (unpaired) electrons. The lowest BCUT2D eigenvalue weighted by molar-refractivity contribution is -0.299. The molecule has 8 heteroatoms. The molecular formula is C19H34O8. The predicted molar refractivity (Wildman–Crippen MR) is 95.6 cm³/mol. The molecule has 0 aromatic heterocycles. The van der Waals surface area contributed by atoms with E-state index in [2.05, 4.69) is 20.8 Å². The fourth-order valence-corrected chi connectivity index (χ4v) is 4.65. The highest BCUT2D eigenvalue weighted by Crippen LogP contribution is 2.46. The molecule has 0 unspecified atom stereocenters. The molecule has 8 nitrogen and oxygen atoms in total. The zero-order chi connectivity index (χ0) is 20.4. The van der Waals surface area contributed by atoms with Crippen LogP contribution in [0.1, 0.15) is 46.5 Å². The van der Waals surface area contributed by atoms with Crippen molar-refractivity contribution in [1.29, 1.82) is 0 Å². The minimum absolute atomic E-state index is 0.0461. The van der Waals surface area contributed by atoms with Gasteiger partial charge in [-0.2, -0.15) is 0 Å². The number of rotatable bonds is 7. The number of carbonyl (C=O) groups excluding carboxylic acids is 1. The first-order chi connectivity index (χ1) is 12.6. The summed E-state index contributed by atoms with van der Waals surface area (Å²) in [6.07, 6.45) is -4.66. The van der Waals surface area contributed by atoms with Gasteiger partial charge in [-0.05, 0) is 36.5 Å². The van der Waals surface area contributed by atoms with E-state index in [0.29, 0.717) is 24.7 Å². The number of ketones is 1. The molecule has 0 aromatic carbocycles. The van der Waals surface area contributed by atoms with Crippen molar-refractivity contribution in [2.45, 2.75) is 83.3 Å². The van der Waals surface area contributed by atoms with Crippen molar-refractivity contribution in [3.63, 3.8) is 0 Å². The summed E-state index contributed by atoms with van der Waals surface area (Å²) >= 11 is 0. The summed E-state index contributed by atoms with van der Waals surface area (Å²) in [5, 5.41) is 48.5. The topological polar surface area (TPSA) is 137 Å². The number of aliphatic hydroxyl groups is 5. The Labute approximate surface area is 160 Å². The van der Waals surface area contributed by atoms with Gasteiger partial charge in [0.25, 0.3) is 0 Å². The average Bonchev–Trinajstić information content (AvgIpc) is 2.57. The molecule has 1 saturated carbocycles. The molecule has 8 atom stereocenters. The van der Waals surface area contributed by atoms with Crippen LogP contribution < -0.4 is 0 Å². The normalized spacial score (nSPS) is 42.1. The monoisotopic (exact) mass is 390 g/mol. The molecule has 2 fully saturated rings. The molecule has 2 rings (SSSR count). The van der Waals surface area contributed by atoms with E-state index in [1.165, 1.54) is 0 Å². The molecule has 0 amide bonds. The SMILES string of the molecule is C[C@@H]1C[C@H](O)CC(C)(C)[C@H]1CCC(=O)CO[C@@H]1O[C@H](CO)[C@@H](O)[C@H](O)[C@H]1O. The third kappa shape index (κ3) is 5.47. The van der Waals surface area contributed by atoms with Gasteiger partial charge in [-0.1, -0.05) is 20.8 Å². The number of Topliss-reactive ketones (excluding diaryl/α,β-unsaturated/α-hetero) is 1. The smallest absolute Gasteiger partial charge is 0.187 e. The van der Waals surface area contributed by atoms with Gasteiger partial charge in [0.2, 0.25) is 0 Å². The fraction of sp³-hybridized carbons (Fsp3) is 0.947. The highest BCUT2D eigenvalue weighted by molar-refractivity contribution is 5.79. The first kappa shape index (κ1) is 22.7. The van der Waals surface area contributed by atoms with Crippen LogP contribution in [0, 0.1) is 17.3 Å². The van der Waals surface area contributed by atoms with Crippen LogP contribution in [0.4, 0.5) is 0 Å². The van der Waals surface area contributed by atoms with Gasteiger partial charge in [-0.3, -0.25) is 4.79 Å². The molecule has 1 heterocycles. The van der Waals surface area contributed by atoms with Crippen LogP contribution in [0.25, 0.3) is 0 Å². The van der Waals surface area contributed by atoms with E-state index in [9.17, 15) is 25.2 Å². The van der Waals surface area contributed by atoms with Gasteiger partial charge in [0.05, 0.1) is 12.7 Å². The lowest BCUT2D eigenvalue weighted by atomic mass is 9.62. The van der Waals surface area contributed by atoms with Crippen molar-refractivity contribution in [2.24, 2.45) is 17.3 Å². The van der Waals surface area contributed by atoms with Gasteiger partial charge >= 0.3 is 0 Å². The van der Waals surface area contributed by atoms with Crippen LogP contribution in [-0.4, -0.2) is 81.3 Å². The van der Waals surface area contributed by atoms with Crippen LogP contribution in [-0.2, 0) is 14.3 Å². The third-order valence-electron chi connectivity index (χ3n) is 6.09. The number of ether oxygens (including phenoxy) is 2. The lowest BCUT2D eigenvalue weighted by Gasteiger charge is -2.45. The fourth-order valence-electron chi connectivity index (χ4n) is 4.65. The molecule has 27 heavy (non-hydrogen) atoms. The molecule has 0 aromatic rings. The number of carbonyl (C=O) groups is 1. The van der Waals surface area contributed by atoms with Crippen LogP contribution in [0.2, 0.25) is 0 Å². The molecular weight excluding hydrogens is 356 g/mol. The van der Waals surface area contributed by atoms with E-state index >= 15 is 0 Å². The average molecular weight is 390 g/mol. The van der Waals surface area contributed by atoms with E-state index in [1.807, 2.05) is 0 Å². The van der Waals surface area contributed by atoms with E-state index in [1.54, 1.807) is 0 Å². The van der Waals surface area contributed by atoms with Gasteiger partial charge in [-0.25, -0.2) is 0 Å². The summed E-state index contributed by atoms with van der Waals surface area (Å²) in [5.41, 5.74) is -0.0461. The Balaban J connectivity index is 1.82. The number of aliphatic hydroxyl groups excluding tert-OH is 5. The van der Waals surface area contributed by atoms with Crippen LogP contribution >= 0.6 is 0 Å². The molecule has 1 aliphatic carbocycles. The second kappa shape index (κ2) is 9.26. The summed E-state index contributed by atoms with van der Waals surface area (Å²) in [6, 6.07) is 0. The maximum absolute atomic E-state index is 12.2. The Hall–Kier alpha value is -0.610. The largest absolute Gasteiger partial charge is 0.394 e. The maximum Gasteiger partial charge on any atom is 0.187 e. The van der Waals surface area contributed by atoms with E-state index < -0.39 is 37.3 Å². The summed E-state index contributed by atoms with van der Waals surface area (Å²) in [7, 11) is 0. The Morgan fingerprint density at radius 3 is 2.41 bits per heavy atom. The van der Waals surface area contributed by atoms with Crippen molar-refractivity contribution in [2.75, 3.05) is 13.2 Å². The Morgan fingerprint density at radius 1 is 1.15 bits per heavy atom. The molecule has 2 aliphatic rings. The van der Waals surface area contributed by atoms with Crippen LogP contribution in [0.3, 0.4) is 0 Å². The summed E-state index contributed by atoms with van der Waals surface area (Å²) in [5.74, 6) is 0.487. The zero-order valence-corrected chi connectivity index (χ0v) is 16.3. The minimum atomic E-state index is -1.52. The molecule has 158 valence electrons. The van der Waals surface area contributed by atoms with Gasteiger partial charge in [0.15, 0.2) is 12.1 Å². The zero-order valence-electron chi connectivity index (χ0n) is 16.3. The van der Waals surface area contributed by atoms with Gasteiger partial charge < -0.3 is 35.0 Å². The molecule has 0 spiro atoms. The molecule has 0 bridgehead atoms. The predicted octanol–water partition coefficient (Wildman–Crippen LogP) is -0.415. The number of hydrogen-bond donors (Lipinski definition) is 5. The van der Waals surface area contributed by atoms with Crippen molar-refractivity contribution in [3.8, 4) is 0 Å². The van der Waals surface area contributed by atoms with Crippen LogP contribution in [0.5, 0.6) is 0 Å². The van der Waals surface area contributed by atoms with Crippen molar-refractivity contribution in [1.82, 2.24) is 0 Å². The van der Waals surface area contributed by atoms with Gasteiger partial charge in [-0.15, -0.1) is 0 Å². The Morgan fingerprint density at radius 2 is 1.81 bits per heavy atom. The van der Waals surface area contributed by atoms with Gasteiger partial charge in [0, 0.05) is 6.42 Å². The first-order valence-corrected chi connectivity index (χ1v) is 9.68. The first-order valence-electron chi connectivity index (χ1n) is 9.68. The van der Waals surface area contributed by atoms with E-state index in [-0.39, 0.29) is 23.9 Å². The lowest BCUT2D eigenvalue weighted by Crippen LogP contribution is -2.59. The van der Waals surface area contributed by atoms with Gasteiger partial charge in [0.1, 0.15) is 31.0 Å². The molecule has 1 aliphatic heterocycles. The second-order valence-electron chi connectivity index (χ2n) is 8.75. The van der Waals surface area contributed by atoms with Crippen LogP contribution in [0.15, 0.2) is 0 Å². The van der Waals surface area contributed by atoms with Crippen molar-refractivity contribution >= 4 is 5.78 Å². The summed E-state index contributed by atoms with van der Waals surface area (Å²) in [6.45, 7) is 5.51. The maximum atomic E-state index is 12.2. The molecule has 1 saturated heterocycles. The standard InChI is InChI=1S/C19H34O8/c1-10-6-12(22)7-19(2,3)13(10)5-4-11(21)9-26-18-17(25)16(24)15(23)14(8-20)27-18/h10,12-18,20,22-25H,4-9H2,1-3H3/t10-,12+,13+,14-,15-,16+,17-,18-/m1/s1. The van der Waals surface area contributed by atoms with E-state index in [0.717, 1.165) is 12.8 Å². The highest BCUT2D eigenvalue weighted by Gasteiger charge is 2.44. The van der Waals surface area contributed by atoms with Crippen molar-refractivity contribution in [3.05, 3.63) is 0 Å². The van der Waals surface area contributed by atoms with Crippen molar-refractivity contribution < 1.29 is 39.8 Å². The van der Waals surface area contributed by atoms with E-state index in [4.69, 9.17) is 14.6 Å². The summed E-state index contributed by atoms with van der Waals surface area (Å²) < 4.78 is 10.5. The summed E-state index contributed by atoms with van der Waals surface area (Å²) in [4.78, 5) is 12.2. The Bertz CT molecular complexity index is 494. The highest BCUT2D eigenvalue weighted by atomic mass is 16.7. The molecule has 5 N–H and O–H groups in total. The number of hydrogen-bond acceptors (Lipinski definition) is 8. The quantitative estimate of drug-likeness (QED) is 0.396. The second-order valence-corrected chi connectivity index (χ2v) is 8.75. The Kier molecular flexibility index (Phi) is 7.78. The third-order valence-corrected chi connectivity index (χ3v) is 6.09. The minimum Gasteiger partial charge on any atom is -0.394 e.